The Morgan fingerprint density at radius 1 is 1.38 bits per heavy atom. The zero-order valence-corrected chi connectivity index (χ0v) is 15.0. The van der Waals surface area contributed by atoms with Gasteiger partial charge in [-0.25, -0.2) is 8.42 Å². The second kappa shape index (κ2) is 5.91. The van der Waals surface area contributed by atoms with Crippen molar-refractivity contribution >= 4 is 39.0 Å². The highest BCUT2D eigenvalue weighted by atomic mass is 32.2. The maximum atomic E-state index is 12.7. The molecule has 2 heterocycles. The number of rotatable bonds is 3. The lowest BCUT2D eigenvalue weighted by Gasteiger charge is -2.26. The maximum absolute atomic E-state index is 12.7. The Balaban J connectivity index is 2.24. The van der Waals surface area contributed by atoms with Gasteiger partial charge in [0.05, 0.1) is 5.88 Å². The van der Waals surface area contributed by atoms with Crippen LogP contribution in [0.15, 0.2) is 16.3 Å². The zero-order chi connectivity index (χ0) is 15.8. The molecule has 8 heteroatoms. The molecule has 1 N–H and O–H groups in total. The molecule has 0 unspecified atom stereocenters. The second-order valence-electron chi connectivity index (χ2n) is 6.01. The molecule has 21 heavy (non-hydrogen) atoms. The summed E-state index contributed by atoms with van der Waals surface area (Å²) in [5, 5.41) is 2.86. The van der Waals surface area contributed by atoms with Gasteiger partial charge in [-0.2, -0.15) is 4.31 Å². The highest BCUT2D eigenvalue weighted by Gasteiger charge is 2.41. The summed E-state index contributed by atoms with van der Waals surface area (Å²) in [5.41, 5.74) is -0.376. The second-order valence-corrected chi connectivity index (χ2v) is 10.4. The first-order valence-electron chi connectivity index (χ1n) is 6.59. The molecule has 1 atom stereocenters. The number of thioether (sulfide) groups is 1. The van der Waals surface area contributed by atoms with Crippen molar-refractivity contribution in [2.24, 2.45) is 0 Å². The van der Waals surface area contributed by atoms with Crippen molar-refractivity contribution in [1.82, 2.24) is 9.62 Å². The van der Waals surface area contributed by atoms with E-state index in [-0.39, 0.29) is 11.4 Å². The van der Waals surface area contributed by atoms with Gasteiger partial charge in [0.1, 0.15) is 10.3 Å². The molecule has 2 rings (SSSR count). The highest BCUT2D eigenvalue weighted by Crippen LogP contribution is 2.31. The fraction of sp³-hybridized carbons (Fsp3) is 0.615. The van der Waals surface area contributed by atoms with Crippen molar-refractivity contribution in [2.45, 2.75) is 43.5 Å². The van der Waals surface area contributed by atoms with E-state index >= 15 is 0 Å². The predicted molar refractivity (Wildman–Crippen MR) is 87.1 cm³/mol. The third kappa shape index (κ3) is 3.80. The molecular formula is C13H20N2O3S3. The van der Waals surface area contributed by atoms with Gasteiger partial charge in [-0.3, -0.25) is 4.79 Å². The van der Waals surface area contributed by atoms with E-state index in [1.54, 1.807) is 12.1 Å². The Labute approximate surface area is 134 Å². The number of sulfonamides is 1. The summed E-state index contributed by atoms with van der Waals surface area (Å²) in [7, 11) is -3.60. The SMILES string of the molecule is Cc1ccc(S(=O)(=O)N2CSC[C@@H]2C(=O)NC(C)(C)C)s1. The molecule has 1 aromatic rings. The average molecular weight is 349 g/mol. The Bertz CT molecular complexity index is 631. The van der Waals surface area contributed by atoms with E-state index in [0.29, 0.717) is 15.8 Å². The molecule has 0 aliphatic carbocycles. The van der Waals surface area contributed by atoms with E-state index in [1.807, 2.05) is 27.7 Å². The first-order chi connectivity index (χ1) is 9.61. The van der Waals surface area contributed by atoms with Crippen LogP contribution < -0.4 is 5.32 Å². The number of carbonyl (C=O) groups is 1. The number of nitrogens with zero attached hydrogens (tertiary/aromatic N) is 1. The number of hydrogen-bond acceptors (Lipinski definition) is 5. The minimum Gasteiger partial charge on any atom is -0.350 e. The molecule has 0 radical (unpaired) electrons. The molecule has 1 fully saturated rings. The lowest BCUT2D eigenvalue weighted by atomic mass is 10.1. The zero-order valence-electron chi connectivity index (χ0n) is 12.5. The van der Waals surface area contributed by atoms with E-state index in [2.05, 4.69) is 5.32 Å². The van der Waals surface area contributed by atoms with Crippen LogP contribution in [0.2, 0.25) is 0 Å². The monoisotopic (exact) mass is 348 g/mol. The number of aryl methyl sites for hydroxylation is 1. The van der Waals surface area contributed by atoms with Gasteiger partial charge in [-0.1, -0.05) is 0 Å². The molecule has 0 saturated carbocycles. The van der Waals surface area contributed by atoms with Gasteiger partial charge in [0.2, 0.25) is 5.91 Å². The first-order valence-corrected chi connectivity index (χ1v) is 10.0. The molecule has 0 spiro atoms. The molecule has 1 amide bonds. The number of nitrogens with one attached hydrogen (secondary N) is 1. The summed E-state index contributed by atoms with van der Waals surface area (Å²) in [5.74, 6) is 0.580. The van der Waals surface area contributed by atoms with E-state index < -0.39 is 16.1 Å². The summed E-state index contributed by atoms with van der Waals surface area (Å²) >= 11 is 2.70. The van der Waals surface area contributed by atoms with E-state index in [0.717, 1.165) is 4.88 Å². The van der Waals surface area contributed by atoms with Crippen LogP contribution in [0, 0.1) is 6.92 Å². The Morgan fingerprint density at radius 2 is 2.05 bits per heavy atom. The van der Waals surface area contributed by atoms with Gasteiger partial charge in [0.15, 0.2) is 0 Å². The van der Waals surface area contributed by atoms with Crippen LogP contribution in [0.3, 0.4) is 0 Å². The lowest BCUT2D eigenvalue weighted by molar-refractivity contribution is -0.125. The lowest BCUT2D eigenvalue weighted by Crippen LogP contribution is -2.52. The Kier molecular flexibility index (Phi) is 4.72. The largest absolute Gasteiger partial charge is 0.350 e. The van der Waals surface area contributed by atoms with Crippen LogP contribution >= 0.6 is 23.1 Å². The normalized spacial score (nSPS) is 20.7. The van der Waals surface area contributed by atoms with Crippen LogP contribution in [-0.4, -0.2) is 41.8 Å². The van der Waals surface area contributed by atoms with Gasteiger partial charge < -0.3 is 5.32 Å². The van der Waals surface area contributed by atoms with Gasteiger partial charge in [-0.15, -0.1) is 23.1 Å². The fourth-order valence-corrected chi connectivity index (χ4v) is 6.55. The number of thiophene rings is 1. The summed E-state index contributed by atoms with van der Waals surface area (Å²) < 4.78 is 27.0. The van der Waals surface area contributed by atoms with Crippen molar-refractivity contribution in [3.05, 3.63) is 17.0 Å². The third-order valence-corrected chi connectivity index (χ3v) is 7.42. The minimum atomic E-state index is -3.60. The number of amides is 1. The van der Waals surface area contributed by atoms with E-state index in [4.69, 9.17) is 0 Å². The molecule has 118 valence electrons. The molecular weight excluding hydrogens is 328 g/mol. The van der Waals surface area contributed by atoms with Crippen LogP contribution in [-0.2, 0) is 14.8 Å². The molecule has 1 aliphatic rings. The average Bonchev–Trinajstić information content (AvgIpc) is 2.94. The molecule has 1 aromatic heterocycles. The molecule has 5 nitrogen and oxygen atoms in total. The van der Waals surface area contributed by atoms with Gasteiger partial charge >= 0.3 is 0 Å². The van der Waals surface area contributed by atoms with Gasteiger partial charge in [0.25, 0.3) is 10.0 Å². The van der Waals surface area contributed by atoms with Gasteiger partial charge in [0, 0.05) is 16.2 Å². The molecule has 0 aromatic carbocycles. The third-order valence-electron chi connectivity index (χ3n) is 2.92. The van der Waals surface area contributed by atoms with Crippen molar-refractivity contribution < 1.29 is 13.2 Å². The van der Waals surface area contributed by atoms with Crippen molar-refractivity contribution in [3.63, 3.8) is 0 Å². The van der Waals surface area contributed by atoms with Crippen molar-refractivity contribution in [2.75, 3.05) is 11.6 Å². The van der Waals surface area contributed by atoms with E-state index in [9.17, 15) is 13.2 Å². The van der Waals surface area contributed by atoms with Crippen LogP contribution in [0.5, 0.6) is 0 Å². The predicted octanol–water partition coefficient (Wildman–Crippen LogP) is 2.03. The van der Waals surface area contributed by atoms with Crippen molar-refractivity contribution in [1.29, 1.82) is 0 Å². The maximum Gasteiger partial charge on any atom is 0.254 e. The van der Waals surface area contributed by atoms with Crippen molar-refractivity contribution in [3.8, 4) is 0 Å². The molecule has 1 saturated heterocycles. The number of hydrogen-bond donors (Lipinski definition) is 1. The van der Waals surface area contributed by atoms with Crippen LogP contribution in [0.1, 0.15) is 25.6 Å². The number of carbonyl (C=O) groups excluding carboxylic acids is 1. The van der Waals surface area contributed by atoms with E-state index in [1.165, 1.54) is 27.4 Å². The summed E-state index contributed by atoms with van der Waals surface area (Å²) in [6, 6.07) is 2.75. The topological polar surface area (TPSA) is 66.5 Å². The first kappa shape index (κ1) is 16.8. The highest BCUT2D eigenvalue weighted by molar-refractivity contribution is 8.01. The van der Waals surface area contributed by atoms with Crippen LogP contribution in [0.4, 0.5) is 0 Å². The van der Waals surface area contributed by atoms with Gasteiger partial charge in [-0.05, 0) is 39.8 Å². The van der Waals surface area contributed by atoms with Crippen LogP contribution in [0.25, 0.3) is 0 Å². The summed E-state index contributed by atoms with van der Waals surface area (Å²) in [6.07, 6.45) is 0. The quantitative estimate of drug-likeness (QED) is 0.908. The molecule has 1 aliphatic heterocycles. The minimum absolute atomic E-state index is 0.232. The summed E-state index contributed by atoms with van der Waals surface area (Å²) in [6.45, 7) is 7.52. The summed E-state index contributed by atoms with van der Waals surface area (Å²) in [4.78, 5) is 13.3. The Morgan fingerprint density at radius 3 is 2.57 bits per heavy atom. The fourth-order valence-electron chi connectivity index (χ4n) is 1.99. The molecule has 0 bridgehead atoms. The standard InChI is InChI=1S/C13H20N2O3S3/c1-9-5-6-11(20-9)21(17,18)15-8-19-7-10(15)12(16)14-13(2,3)4/h5-6,10H,7-8H2,1-4H3,(H,14,16)/t10-/m1/s1. The smallest absolute Gasteiger partial charge is 0.254 e. The Hall–Kier alpha value is -0.570.